The van der Waals surface area contributed by atoms with Crippen LogP contribution in [0, 0.1) is 23.2 Å². The number of ether oxygens (including phenoxy) is 2. The van der Waals surface area contributed by atoms with E-state index in [4.69, 9.17) is 9.47 Å². The molecule has 0 fully saturated rings. The van der Waals surface area contributed by atoms with Gasteiger partial charge in [0, 0.05) is 0 Å². The molecule has 1 aromatic rings. The van der Waals surface area contributed by atoms with Gasteiger partial charge in [-0.15, -0.1) is 0 Å². The summed E-state index contributed by atoms with van der Waals surface area (Å²) in [6, 6.07) is 6.58. The van der Waals surface area contributed by atoms with Crippen molar-refractivity contribution in [2.75, 3.05) is 14.2 Å². The van der Waals surface area contributed by atoms with Gasteiger partial charge in [-0.2, -0.15) is 5.26 Å². The molecule has 102 valence electrons. The fraction of sp³-hybridized carbons (Fsp3) is 0.562. The normalized spacial score (nSPS) is 25.0. The van der Waals surface area contributed by atoms with E-state index in [-0.39, 0.29) is 5.92 Å². The number of nitrogens with zero attached hydrogens (tertiary/aromatic N) is 1. The second kappa shape index (κ2) is 4.77. The molecule has 0 amide bonds. The molecule has 19 heavy (non-hydrogen) atoms. The van der Waals surface area contributed by atoms with Crippen LogP contribution in [0.1, 0.15) is 31.9 Å². The Morgan fingerprint density at radius 3 is 2.32 bits per heavy atom. The number of benzene rings is 1. The van der Waals surface area contributed by atoms with E-state index in [0.29, 0.717) is 11.7 Å². The van der Waals surface area contributed by atoms with Crippen LogP contribution in [-0.2, 0) is 11.8 Å². The zero-order valence-electron chi connectivity index (χ0n) is 12.3. The molecule has 0 radical (unpaired) electrons. The van der Waals surface area contributed by atoms with E-state index in [1.165, 1.54) is 5.56 Å². The van der Waals surface area contributed by atoms with Gasteiger partial charge < -0.3 is 9.47 Å². The second-order valence-electron chi connectivity index (χ2n) is 5.61. The summed E-state index contributed by atoms with van der Waals surface area (Å²) < 4.78 is 10.7. The Morgan fingerprint density at radius 1 is 1.26 bits per heavy atom. The monoisotopic (exact) mass is 259 g/mol. The third kappa shape index (κ3) is 1.78. The minimum atomic E-state index is -0.422. The fourth-order valence-electron chi connectivity index (χ4n) is 3.41. The van der Waals surface area contributed by atoms with Gasteiger partial charge in [0.2, 0.25) is 0 Å². The molecule has 3 heteroatoms. The van der Waals surface area contributed by atoms with Gasteiger partial charge in [0.05, 0.1) is 25.7 Å². The molecule has 0 aromatic heterocycles. The number of nitriles is 1. The molecule has 0 saturated carbocycles. The molecule has 0 aliphatic heterocycles. The molecule has 0 spiro atoms. The van der Waals surface area contributed by atoms with Crippen LogP contribution in [0.15, 0.2) is 12.1 Å². The first-order chi connectivity index (χ1) is 9.01. The molecule has 1 aliphatic carbocycles. The van der Waals surface area contributed by atoms with Crippen molar-refractivity contribution in [1.29, 1.82) is 5.26 Å². The maximum absolute atomic E-state index is 9.77. The minimum Gasteiger partial charge on any atom is -0.493 e. The molecule has 0 N–H and O–H groups in total. The molecule has 1 aromatic carbocycles. The van der Waals surface area contributed by atoms with Crippen LogP contribution >= 0.6 is 0 Å². The lowest BCUT2D eigenvalue weighted by Gasteiger charge is -2.31. The Labute approximate surface area is 115 Å². The number of hydrogen-bond acceptors (Lipinski definition) is 3. The first-order valence-corrected chi connectivity index (χ1v) is 6.67. The average molecular weight is 259 g/mol. The number of hydrogen-bond donors (Lipinski definition) is 0. The second-order valence-corrected chi connectivity index (χ2v) is 5.61. The highest BCUT2D eigenvalue weighted by Crippen LogP contribution is 2.50. The molecule has 2 atom stereocenters. The van der Waals surface area contributed by atoms with Crippen molar-refractivity contribution in [3.05, 3.63) is 23.3 Å². The lowest BCUT2D eigenvalue weighted by atomic mass is 9.69. The van der Waals surface area contributed by atoms with E-state index < -0.39 is 5.41 Å². The van der Waals surface area contributed by atoms with Crippen molar-refractivity contribution in [3.63, 3.8) is 0 Å². The van der Waals surface area contributed by atoms with Crippen molar-refractivity contribution in [2.45, 2.75) is 32.6 Å². The van der Waals surface area contributed by atoms with Crippen LogP contribution in [-0.4, -0.2) is 14.2 Å². The van der Waals surface area contributed by atoms with Crippen molar-refractivity contribution < 1.29 is 9.47 Å². The first kappa shape index (κ1) is 13.7. The highest BCUT2D eigenvalue weighted by molar-refractivity contribution is 5.55. The molecular formula is C16H21NO2. The zero-order chi connectivity index (χ0) is 14.2. The Bertz CT molecular complexity index is 530. The van der Waals surface area contributed by atoms with Crippen molar-refractivity contribution in [3.8, 4) is 17.6 Å². The van der Waals surface area contributed by atoms with Crippen LogP contribution < -0.4 is 9.47 Å². The van der Waals surface area contributed by atoms with Crippen LogP contribution in [0.3, 0.4) is 0 Å². The van der Waals surface area contributed by atoms with Gasteiger partial charge in [-0.1, -0.05) is 20.8 Å². The Hall–Kier alpha value is -1.69. The number of methoxy groups -OCH3 is 2. The summed E-state index contributed by atoms with van der Waals surface area (Å²) in [5, 5.41) is 9.77. The quantitative estimate of drug-likeness (QED) is 0.836. The Balaban J connectivity index is 2.67. The number of rotatable bonds is 3. The van der Waals surface area contributed by atoms with Gasteiger partial charge in [0.1, 0.15) is 0 Å². The lowest BCUT2D eigenvalue weighted by Crippen LogP contribution is -2.34. The Morgan fingerprint density at radius 2 is 1.84 bits per heavy atom. The molecule has 0 bridgehead atoms. The van der Waals surface area contributed by atoms with Crippen LogP contribution in [0.25, 0.3) is 0 Å². The van der Waals surface area contributed by atoms with Gasteiger partial charge in [-0.25, -0.2) is 0 Å². The molecule has 0 heterocycles. The fourth-order valence-corrected chi connectivity index (χ4v) is 3.41. The third-order valence-corrected chi connectivity index (χ3v) is 4.45. The van der Waals surface area contributed by atoms with Crippen molar-refractivity contribution >= 4 is 0 Å². The minimum absolute atomic E-state index is 0.270. The van der Waals surface area contributed by atoms with Crippen LogP contribution in [0.4, 0.5) is 0 Å². The maximum atomic E-state index is 9.77. The van der Waals surface area contributed by atoms with Crippen LogP contribution in [0.2, 0.25) is 0 Å². The maximum Gasteiger partial charge on any atom is 0.161 e. The Kier molecular flexibility index (Phi) is 3.45. The summed E-state index contributed by atoms with van der Waals surface area (Å²) in [6.45, 7) is 6.39. The van der Waals surface area contributed by atoms with Crippen LogP contribution in [0.5, 0.6) is 11.5 Å². The van der Waals surface area contributed by atoms with Gasteiger partial charge in [-0.3, -0.25) is 0 Å². The summed E-state index contributed by atoms with van der Waals surface area (Å²) in [4.78, 5) is 0. The van der Waals surface area contributed by atoms with E-state index >= 15 is 0 Å². The van der Waals surface area contributed by atoms with E-state index in [2.05, 4.69) is 26.8 Å². The zero-order valence-corrected chi connectivity index (χ0v) is 12.3. The summed E-state index contributed by atoms with van der Waals surface area (Å²) in [6.07, 6.45) is 0.918. The molecule has 0 saturated heterocycles. The molecule has 0 unspecified atom stereocenters. The smallest absolute Gasteiger partial charge is 0.161 e. The molecular weight excluding hydrogens is 238 g/mol. The van der Waals surface area contributed by atoms with E-state index in [0.717, 1.165) is 17.7 Å². The van der Waals surface area contributed by atoms with Gasteiger partial charge in [-0.05, 0) is 41.5 Å². The SMILES string of the molecule is COc1cc2c(cc1OC)[C@@](C#N)(C(C)C)[C@H](C)C2. The topological polar surface area (TPSA) is 42.2 Å². The van der Waals surface area contributed by atoms with E-state index in [9.17, 15) is 5.26 Å². The standard InChI is InChI=1S/C16H21NO2/c1-10(2)16(9-17)11(3)6-12-7-14(18-4)15(19-5)8-13(12)16/h7-8,10-11H,6H2,1-5H3/t11-,16+/m1/s1. The van der Waals surface area contributed by atoms with E-state index in [1.54, 1.807) is 14.2 Å². The number of fused-ring (bicyclic) bond motifs is 1. The van der Waals surface area contributed by atoms with Gasteiger partial charge >= 0.3 is 0 Å². The summed E-state index contributed by atoms with van der Waals surface area (Å²) in [5.74, 6) is 2.03. The largest absolute Gasteiger partial charge is 0.493 e. The summed E-state index contributed by atoms with van der Waals surface area (Å²) in [5.41, 5.74) is 1.89. The summed E-state index contributed by atoms with van der Waals surface area (Å²) in [7, 11) is 3.27. The first-order valence-electron chi connectivity index (χ1n) is 6.67. The van der Waals surface area contributed by atoms with Crippen molar-refractivity contribution in [2.24, 2.45) is 11.8 Å². The van der Waals surface area contributed by atoms with Gasteiger partial charge in [0.25, 0.3) is 0 Å². The molecule has 3 nitrogen and oxygen atoms in total. The third-order valence-electron chi connectivity index (χ3n) is 4.45. The molecule has 2 rings (SSSR count). The van der Waals surface area contributed by atoms with Gasteiger partial charge in [0.15, 0.2) is 11.5 Å². The summed E-state index contributed by atoms with van der Waals surface area (Å²) >= 11 is 0. The lowest BCUT2D eigenvalue weighted by molar-refractivity contribution is 0.301. The predicted octanol–water partition coefficient (Wildman–Crippen LogP) is 3.31. The highest BCUT2D eigenvalue weighted by atomic mass is 16.5. The average Bonchev–Trinajstić information content (AvgIpc) is 2.68. The molecule has 1 aliphatic rings. The van der Waals surface area contributed by atoms with E-state index in [1.807, 2.05) is 12.1 Å². The van der Waals surface area contributed by atoms with Crippen molar-refractivity contribution in [1.82, 2.24) is 0 Å². The predicted molar refractivity (Wildman–Crippen MR) is 74.5 cm³/mol. The highest BCUT2D eigenvalue weighted by Gasteiger charge is 2.48.